The molecular weight excluding hydrogens is 226 g/mol. The van der Waals surface area contributed by atoms with Crippen LogP contribution < -0.4 is 10.1 Å². The van der Waals surface area contributed by atoms with Crippen molar-refractivity contribution in [1.82, 2.24) is 9.55 Å². The molecule has 94 valence electrons. The van der Waals surface area contributed by atoms with Crippen LogP contribution in [0, 0.1) is 0 Å². The highest BCUT2D eigenvalue weighted by atomic mass is 16.5. The zero-order valence-corrected chi connectivity index (χ0v) is 10.5. The van der Waals surface area contributed by atoms with Crippen LogP contribution in [-0.2, 0) is 6.54 Å². The van der Waals surface area contributed by atoms with Crippen LogP contribution in [0.5, 0.6) is 5.75 Å². The summed E-state index contributed by atoms with van der Waals surface area (Å²) in [6, 6.07) is 8.48. The van der Waals surface area contributed by atoms with E-state index >= 15 is 0 Å². The molecule has 1 N–H and O–H groups in total. The average Bonchev–Trinajstić information content (AvgIpc) is 2.86. The predicted octanol–water partition coefficient (Wildman–Crippen LogP) is 2.84. The lowest BCUT2D eigenvalue weighted by molar-refractivity contribution is 0.274. The number of para-hydroxylation sites is 1. The second-order valence-corrected chi connectivity index (χ2v) is 4.41. The summed E-state index contributed by atoms with van der Waals surface area (Å²) in [5.41, 5.74) is 1.22. The molecule has 1 aliphatic rings. The Kier molecular flexibility index (Phi) is 2.92. The Morgan fingerprint density at radius 1 is 1.44 bits per heavy atom. The van der Waals surface area contributed by atoms with Crippen LogP contribution in [0.2, 0.25) is 0 Å². The second-order valence-electron chi connectivity index (χ2n) is 4.41. The Balaban J connectivity index is 1.86. The fraction of sp³-hybridized carbons (Fsp3) is 0.357. The average molecular weight is 243 g/mol. The van der Waals surface area contributed by atoms with Gasteiger partial charge in [-0.2, -0.15) is 0 Å². The summed E-state index contributed by atoms with van der Waals surface area (Å²) in [5.74, 6) is 1.91. The van der Waals surface area contributed by atoms with Crippen LogP contribution in [0.25, 0.3) is 0 Å². The maximum atomic E-state index is 5.66. The van der Waals surface area contributed by atoms with Crippen molar-refractivity contribution in [2.24, 2.45) is 0 Å². The van der Waals surface area contributed by atoms with Crippen molar-refractivity contribution < 1.29 is 4.74 Å². The first kappa shape index (κ1) is 11.1. The van der Waals surface area contributed by atoms with Gasteiger partial charge in [-0.15, -0.1) is 0 Å². The van der Waals surface area contributed by atoms with Gasteiger partial charge in [-0.3, -0.25) is 0 Å². The number of hydrogen-bond donors (Lipinski definition) is 1. The van der Waals surface area contributed by atoms with Crippen LogP contribution in [-0.4, -0.2) is 16.2 Å². The maximum Gasteiger partial charge on any atom is 0.203 e. The molecule has 2 heterocycles. The quantitative estimate of drug-likeness (QED) is 0.901. The molecule has 4 heteroatoms. The Hall–Kier alpha value is -1.97. The molecule has 4 nitrogen and oxygen atoms in total. The molecule has 3 rings (SSSR count). The van der Waals surface area contributed by atoms with Gasteiger partial charge in [-0.05, 0) is 13.0 Å². The highest BCUT2D eigenvalue weighted by molar-refractivity contribution is 5.42. The molecule has 0 saturated heterocycles. The molecule has 0 aliphatic carbocycles. The molecule has 1 aromatic heterocycles. The van der Waals surface area contributed by atoms with Gasteiger partial charge >= 0.3 is 0 Å². The molecule has 2 aromatic rings. The van der Waals surface area contributed by atoms with Crippen molar-refractivity contribution in [3.8, 4) is 5.75 Å². The number of anilines is 1. The standard InChI is InChI=1S/C14H17N3O/c1-2-17-9-8-15-14(17)16-12-7-10-18-13-6-4-3-5-11(12)13/h3-6,8-9,12H,2,7,10H2,1H3,(H,15,16). The zero-order valence-electron chi connectivity index (χ0n) is 10.5. The van der Waals surface area contributed by atoms with E-state index in [-0.39, 0.29) is 6.04 Å². The topological polar surface area (TPSA) is 39.1 Å². The highest BCUT2D eigenvalue weighted by Crippen LogP contribution is 2.33. The third kappa shape index (κ3) is 1.94. The van der Waals surface area contributed by atoms with Gasteiger partial charge in [0.25, 0.3) is 0 Å². The summed E-state index contributed by atoms with van der Waals surface area (Å²) in [6.45, 7) is 3.79. The molecular formula is C14H17N3O. The van der Waals surface area contributed by atoms with Crippen molar-refractivity contribution >= 4 is 5.95 Å². The molecule has 0 spiro atoms. The van der Waals surface area contributed by atoms with Gasteiger partial charge in [0.1, 0.15) is 5.75 Å². The Morgan fingerprint density at radius 2 is 2.33 bits per heavy atom. The van der Waals surface area contributed by atoms with E-state index in [4.69, 9.17) is 4.74 Å². The first-order valence-corrected chi connectivity index (χ1v) is 6.38. The fourth-order valence-electron chi connectivity index (χ4n) is 2.35. The van der Waals surface area contributed by atoms with Crippen LogP contribution >= 0.6 is 0 Å². The highest BCUT2D eigenvalue weighted by Gasteiger charge is 2.21. The maximum absolute atomic E-state index is 5.66. The van der Waals surface area contributed by atoms with E-state index in [1.54, 1.807) is 0 Å². The molecule has 0 radical (unpaired) electrons. The molecule has 0 fully saturated rings. The van der Waals surface area contributed by atoms with Gasteiger partial charge in [0.05, 0.1) is 12.6 Å². The van der Waals surface area contributed by atoms with E-state index in [0.717, 1.165) is 31.3 Å². The number of aromatic nitrogens is 2. The summed E-state index contributed by atoms with van der Waals surface area (Å²) < 4.78 is 7.77. The van der Waals surface area contributed by atoms with Gasteiger partial charge in [-0.1, -0.05) is 18.2 Å². The molecule has 18 heavy (non-hydrogen) atoms. The van der Waals surface area contributed by atoms with Gasteiger partial charge in [0.15, 0.2) is 0 Å². The summed E-state index contributed by atoms with van der Waals surface area (Å²) >= 11 is 0. The lowest BCUT2D eigenvalue weighted by Crippen LogP contribution is -2.21. The minimum Gasteiger partial charge on any atom is -0.493 e. The van der Waals surface area contributed by atoms with Crippen LogP contribution in [0.3, 0.4) is 0 Å². The van der Waals surface area contributed by atoms with E-state index in [0.29, 0.717) is 0 Å². The third-order valence-corrected chi connectivity index (χ3v) is 3.32. The SMILES string of the molecule is CCn1ccnc1NC1CCOc2ccccc21. The third-order valence-electron chi connectivity index (χ3n) is 3.32. The summed E-state index contributed by atoms with van der Waals surface area (Å²) in [5, 5.41) is 3.51. The van der Waals surface area contributed by atoms with E-state index < -0.39 is 0 Å². The summed E-state index contributed by atoms with van der Waals surface area (Å²) in [6.07, 6.45) is 4.79. The van der Waals surface area contributed by atoms with Gasteiger partial charge < -0.3 is 14.6 Å². The first-order chi connectivity index (χ1) is 8.88. The van der Waals surface area contributed by atoms with Gasteiger partial charge in [0, 0.05) is 30.9 Å². The number of nitrogens with one attached hydrogen (secondary N) is 1. The Morgan fingerprint density at radius 3 is 3.22 bits per heavy atom. The van der Waals surface area contributed by atoms with Crippen molar-refractivity contribution in [2.75, 3.05) is 11.9 Å². The van der Waals surface area contributed by atoms with E-state index in [1.807, 2.05) is 24.5 Å². The molecule has 0 amide bonds. The number of rotatable bonds is 3. The minimum atomic E-state index is 0.280. The van der Waals surface area contributed by atoms with Crippen LogP contribution in [0.4, 0.5) is 5.95 Å². The second kappa shape index (κ2) is 4.72. The lowest BCUT2D eigenvalue weighted by Gasteiger charge is -2.27. The monoisotopic (exact) mass is 243 g/mol. The van der Waals surface area contributed by atoms with Crippen molar-refractivity contribution in [3.63, 3.8) is 0 Å². The molecule has 1 aromatic carbocycles. The van der Waals surface area contributed by atoms with Gasteiger partial charge in [0.2, 0.25) is 5.95 Å². The van der Waals surface area contributed by atoms with Crippen LogP contribution in [0.1, 0.15) is 24.9 Å². The molecule has 1 unspecified atom stereocenters. The number of imidazole rings is 1. The number of aryl methyl sites for hydroxylation is 1. The number of benzene rings is 1. The number of nitrogens with zero attached hydrogens (tertiary/aromatic N) is 2. The summed E-state index contributed by atoms with van der Waals surface area (Å²) in [4.78, 5) is 4.37. The van der Waals surface area contributed by atoms with E-state index in [1.165, 1.54) is 5.56 Å². The molecule has 1 aliphatic heterocycles. The first-order valence-electron chi connectivity index (χ1n) is 6.38. The fourth-order valence-corrected chi connectivity index (χ4v) is 2.35. The Labute approximate surface area is 107 Å². The van der Waals surface area contributed by atoms with Crippen molar-refractivity contribution in [3.05, 3.63) is 42.2 Å². The van der Waals surface area contributed by atoms with Crippen molar-refractivity contribution in [2.45, 2.75) is 25.9 Å². The smallest absolute Gasteiger partial charge is 0.203 e. The lowest BCUT2D eigenvalue weighted by atomic mass is 10.0. The minimum absolute atomic E-state index is 0.280. The number of hydrogen-bond acceptors (Lipinski definition) is 3. The van der Waals surface area contributed by atoms with E-state index in [9.17, 15) is 0 Å². The summed E-state index contributed by atoms with van der Waals surface area (Å²) in [7, 11) is 0. The predicted molar refractivity (Wildman–Crippen MR) is 70.8 cm³/mol. The molecule has 1 atom stereocenters. The Bertz CT molecular complexity index is 535. The number of fused-ring (bicyclic) bond motifs is 1. The van der Waals surface area contributed by atoms with E-state index in [2.05, 4.69) is 33.9 Å². The molecule has 0 bridgehead atoms. The normalized spacial score (nSPS) is 17.9. The number of ether oxygens (including phenoxy) is 1. The molecule has 0 saturated carbocycles. The van der Waals surface area contributed by atoms with Gasteiger partial charge in [-0.25, -0.2) is 4.98 Å². The zero-order chi connectivity index (χ0) is 12.4. The van der Waals surface area contributed by atoms with Crippen LogP contribution in [0.15, 0.2) is 36.7 Å². The van der Waals surface area contributed by atoms with Crippen molar-refractivity contribution in [1.29, 1.82) is 0 Å². The largest absolute Gasteiger partial charge is 0.493 e.